The largest absolute Gasteiger partial charge is 0.395 e. The Kier molecular flexibility index (Phi) is 18.4. The molecule has 88 valence electrons. The van der Waals surface area contributed by atoms with Gasteiger partial charge in [0, 0.05) is 32.1 Å². The van der Waals surface area contributed by atoms with Gasteiger partial charge >= 0.3 is 0 Å². The summed E-state index contributed by atoms with van der Waals surface area (Å²) in [5.74, 6) is 0.569. The molecule has 0 amide bonds. The molecular weight excluding hydrogens is 208 g/mol. The van der Waals surface area contributed by atoms with Gasteiger partial charge in [-0.05, 0) is 0 Å². The van der Waals surface area contributed by atoms with Gasteiger partial charge in [-0.3, -0.25) is 4.90 Å². The van der Waals surface area contributed by atoms with Gasteiger partial charge in [0.2, 0.25) is 0 Å². The molecule has 0 atom stereocenters. The molecule has 5 N–H and O–H groups in total. The fraction of sp³-hybridized carbons (Fsp3) is 1.00. The van der Waals surface area contributed by atoms with Crippen molar-refractivity contribution >= 4 is 11.6 Å². The van der Waals surface area contributed by atoms with Gasteiger partial charge in [-0.15, -0.1) is 11.6 Å². The molecule has 6 heteroatoms. The molecule has 0 aliphatic heterocycles. The molecule has 0 saturated carbocycles. The van der Waals surface area contributed by atoms with E-state index in [0.717, 1.165) is 0 Å². The number of aliphatic hydroxyl groups excluding tert-OH is 3. The van der Waals surface area contributed by atoms with Crippen molar-refractivity contribution in [3.05, 3.63) is 0 Å². The van der Waals surface area contributed by atoms with Crippen LogP contribution in [-0.2, 0) is 0 Å². The first-order valence-electron chi connectivity index (χ1n) is 4.57. The second-order valence-corrected chi connectivity index (χ2v) is 2.87. The van der Waals surface area contributed by atoms with E-state index in [2.05, 4.69) is 0 Å². The Morgan fingerprint density at radius 1 is 0.929 bits per heavy atom. The van der Waals surface area contributed by atoms with E-state index in [-0.39, 0.29) is 19.8 Å². The van der Waals surface area contributed by atoms with Gasteiger partial charge in [0.1, 0.15) is 0 Å². The second-order valence-electron chi connectivity index (χ2n) is 2.49. The monoisotopic (exact) mass is 228 g/mol. The zero-order chi connectivity index (χ0) is 11.2. The summed E-state index contributed by atoms with van der Waals surface area (Å²) in [6.07, 6.45) is 0. The highest BCUT2D eigenvalue weighted by Crippen LogP contribution is 1.84. The standard InChI is InChI=1S/C6H15NO3.C2H6ClN/c8-4-1-7(2-5-9)3-6-10;3-1-2-4/h8-10H,1-6H2;1-2,4H2. The Bertz CT molecular complexity index is 82.4. The highest BCUT2D eigenvalue weighted by atomic mass is 35.5. The molecule has 0 saturated heterocycles. The summed E-state index contributed by atoms with van der Waals surface area (Å²) >= 11 is 5.06. The Balaban J connectivity index is 0. The Morgan fingerprint density at radius 2 is 1.21 bits per heavy atom. The number of nitrogens with two attached hydrogens (primary N) is 1. The second kappa shape index (κ2) is 15.6. The molecule has 0 fully saturated rings. The predicted molar refractivity (Wildman–Crippen MR) is 57.5 cm³/mol. The minimum absolute atomic E-state index is 0.0694. The van der Waals surface area contributed by atoms with Crippen molar-refractivity contribution < 1.29 is 15.3 Å². The first kappa shape index (κ1) is 16.5. The van der Waals surface area contributed by atoms with E-state index in [0.29, 0.717) is 32.1 Å². The van der Waals surface area contributed by atoms with E-state index < -0.39 is 0 Å². The molecule has 0 heterocycles. The lowest BCUT2D eigenvalue weighted by Crippen LogP contribution is -2.32. The van der Waals surface area contributed by atoms with Crippen molar-refractivity contribution in [3.8, 4) is 0 Å². The molecule has 0 bridgehead atoms. The number of halogens is 1. The SMILES string of the molecule is NCCCl.OCCN(CCO)CCO. The van der Waals surface area contributed by atoms with Crippen molar-refractivity contribution in [2.75, 3.05) is 51.9 Å². The van der Waals surface area contributed by atoms with Crippen molar-refractivity contribution in [2.45, 2.75) is 0 Å². The van der Waals surface area contributed by atoms with E-state index in [1.807, 2.05) is 0 Å². The maximum atomic E-state index is 8.48. The van der Waals surface area contributed by atoms with Gasteiger partial charge in [-0.25, -0.2) is 0 Å². The summed E-state index contributed by atoms with van der Waals surface area (Å²) in [5, 5.41) is 25.5. The van der Waals surface area contributed by atoms with Crippen LogP contribution in [0.1, 0.15) is 0 Å². The number of aliphatic hydroxyl groups is 3. The summed E-state index contributed by atoms with van der Waals surface area (Å²) in [4.78, 5) is 1.79. The fourth-order valence-corrected chi connectivity index (χ4v) is 0.760. The minimum Gasteiger partial charge on any atom is -0.395 e. The topological polar surface area (TPSA) is 90.0 Å². The number of hydrogen-bond donors (Lipinski definition) is 4. The fourth-order valence-electron chi connectivity index (χ4n) is 0.760. The van der Waals surface area contributed by atoms with Crippen molar-refractivity contribution in [2.24, 2.45) is 5.73 Å². The molecule has 14 heavy (non-hydrogen) atoms. The molecule has 0 spiro atoms. The first-order valence-corrected chi connectivity index (χ1v) is 5.11. The molecule has 0 aliphatic carbocycles. The lowest BCUT2D eigenvalue weighted by atomic mass is 10.4. The average molecular weight is 229 g/mol. The number of nitrogens with zero attached hydrogens (tertiary/aromatic N) is 1. The molecule has 0 rings (SSSR count). The number of rotatable bonds is 7. The van der Waals surface area contributed by atoms with Gasteiger partial charge in [-0.1, -0.05) is 0 Å². The van der Waals surface area contributed by atoms with Crippen LogP contribution in [0.15, 0.2) is 0 Å². The predicted octanol–water partition coefficient (Wildman–Crippen LogP) is -1.55. The highest BCUT2D eigenvalue weighted by molar-refractivity contribution is 6.18. The first-order chi connectivity index (χ1) is 6.76. The van der Waals surface area contributed by atoms with Crippen molar-refractivity contribution in [3.63, 3.8) is 0 Å². The Hall–Kier alpha value is 0.0900. The smallest absolute Gasteiger partial charge is 0.0558 e. The molecule has 0 aromatic heterocycles. The number of alkyl halides is 1. The van der Waals surface area contributed by atoms with E-state index in [4.69, 9.17) is 32.7 Å². The summed E-state index contributed by atoms with van der Waals surface area (Å²) in [6, 6.07) is 0. The summed E-state index contributed by atoms with van der Waals surface area (Å²) in [6.45, 7) is 2.34. The Morgan fingerprint density at radius 3 is 1.36 bits per heavy atom. The van der Waals surface area contributed by atoms with E-state index in [1.54, 1.807) is 4.90 Å². The molecular formula is C8H21ClN2O3. The van der Waals surface area contributed by atoms with Crippen LogP contribution >= 0.6 is 11.6 Å². The molecule has 0 aromatic rings. The van der Waals surface area contributed by atoms with Crippen LogP contribution < -0.4 is 5.73 Å². The molecule has 0 unspecified atom stereocenters. The van der Waals surface area contributed by atoms with Crippen LogP contribution in [0.5, 0.6) is 0 Å². The summed E-state index contributed by atoms with van der Waals surface area (Å²) < 4.78 is 0. The third-order valence-corrected chi connectivity index (χ3v) is 1.58. The molecule has 0 aliphatic rings. The van der Waals surface area contributed by atoms with Crippen LogP contribution in [0.3, 0.4) is 0 Å². The maximum Gasteiger partial charge on any atom is 0.0558 e. The van der Waals surface area contributed by atoms with Crippen molar-refractivity contribution in [1.29, 1.82) is 0 Å². The van der Waals surface area contributed by atoms with Gasteiger partial charge in [-0.2, -0.15) is 0 Å². The lowest BCUT2D eigenvalue weighted by molar-refractivity contribution is 0.136. The van der Waals surface area contributed by atoms with Gasteiger partial charge in [0.05, 0.1) is 19.8 Å². The summed E-state index contributed by atoms with van der Waals surface area (Å²) in [5.41, 5.74) is 4.90. The normalized spacial score (nSPS) is 9.86. The maximum absolute atomic E-state index is 8.48. The van der Waals surface area contributed by atoms with Gasteiger partial charge in [0.25, 0.3) is 0 Å². The highest BCUT2D eigenvalue weighted by Gasteiger charge is 2.00. The third kappa shape index (κ3) is 14.6. The van der Waals surface area contributed by atoms with Crippen LogP contribution in [0, 0.1) is 0 Å². The number of hydrogen-bond acceptors (Lipinski definition) is 5. The minimum atomic E-state index is 0.0694. The van der Waals surface area contributed by atoms with E-state index in [1.165, 1.54) is 0 Å². The zero-order valence-electron chi connectivity index (χ0n) is 8.40. The Labute approximate surface area is 90.1 Å². The van der Waals surface area contributed by atoms with E-state index in [9.17, 15) is 0 Å². The van der Waals surface area contributed by atoms with E-state index >= 15 is 0 Å². The molecule has 0 radical (unpaired) electrons. The molecule has 0 aromatic carbocycles. The van der Waals surface area contributed by atoms with Crippen LogP contribution in [0.2, 0.25) is 0 Å². The third-order valence-electron chi connectivity index (χ3n) is 1.36. The van der Waals surface area contributed by atoms with Gasteiger partial charge < -0.3 is 21.1 Å². The van der Waals surface area contributed by atoms with Gasteiger partial charge in [0.15, 0.2) is 0 Å². The average Bonchev–Trinajstić information content (AvgIpc) is 2.20. The van der Waals surface area contributed by atoms with Crippen molar-refractivity contribution in [1.82, 2.24) is 4.90 Å². The quantitative estimate of drug-likeness (QED) is 0.396. The molecule has 5 nitrogen and oxygen atoms in total. The van der Waals surface area contributed by atoms with Crippen LogP contribution in [0.4, 0.5) is 0 Å². The lowest BCUT2D eigenvalue weighted by Gasteiger charge is -2.17. The van der Waals surface area contributed by atoms with Crippen LogP contribution in [0.25, 0.3) is 0 Å². The summed E-state index contributed by atoms with van der Waals surface area (Å²) in [7, 11) is 0. The van der Waals surface area contributed by atoms with Crippen LogP contribution in [-0.4, -0.2) is 72.1 Å². The zero-order valence-corrected chi connectivity index (χ0v) is 9.16.